The molecular formula is C33H30AlN3O3. The Labute approximate surface area is 245 Å². The summed E-state index contributed by atoms with van der Waals surface area (Å²) in [4.78, 5) is 12.4. The fourth-order valence-electron chi connectivity index (χ4n) is 4.29. The Bertz CT molecular complexity index is 1610. The van der Waals surface area contributed by atoms with Crippen LogP contribution in [0.5, 0.6) is 17.2 Å². The number of pyridine rings is 3. The van der Waals surface area contributed by atoms with Crippen LogP contribution in [0, 0.1) is 41.5 Å². The van der Waals surface area contributed by atoms with Crippen LogP contribution in [0.1, 0.15) is 33.4 Å². The van der Waals surface area contributed by atoms with E-state index in [1.807, 2.05) is 59.7 Å². The predicted molar refractivity (Wildman–Crippen MR) is 158 cm³/mol. The van der Waals surface area contributed by atoms with E-state index >= 15 is 0 Å². The van der Waals surface area contributed by atoms with Gasteiger partial charge in [0.15, 0.2) is 0 Å². The van der Waals surface area contributed by atoms with Crippen molar-refractivity contribution in [3.63, 3.8) is 0 Å². The molecule has 0 radical (unpaired) electrons. The number of hydrogen-bond donors (Lipinski definition) is 0. The standard InChI is InChI=1S/3C11H11NO.Al/c3*1-7-6-12-11-9(8(7)2)4-3-5-10(11)13;/h3*3-6,13H,1-2H3;/q;;;+3/p-3. The molecule has 0 aliphatic carbocycles. The van der Waals surface area contributed by atoms with Crippen molar-refractivity contribution in [1.29, 1.82) is 0 Å². The zero-order valence-corrected chi connectivity index (χ0v) is 24.7. The minimum Gasteiger partial charge on any atom is -0.871 e. The van der Waals surface area contributed by atoms with Crippen molar-refractivity contribution < 1.29 is 15.3 Å². The van der Waals surface area contributed by atoms with Crippen LogP contribution in [0.4, 0.5) is 0 Å². The molecule has 0 unspecified atom stereocenters. The summed E-state index contributed by atoms with van der Waals surface area (Å²) in [5.74, 6) is 0.00167. The molecular weight excluding hydrogens is 513 g/mol. The minimum atomic E-state index is 0. The fourth-order valence-corrected chi connectivity index (χ4v) is 4.29. The molecule has 0 atom stereocenters. The smallest absolute Gasteiger partial charge is 0.871 e. The Hall–Kier alpha value is -4.18. The first kappa shape index (κ1) is 30.4. The van der Waals surface area contributed by atoms with Crippen LogP contribution in [0.3, 0.4) is 0 Å². The third-order valence-electron chi connectivity index (χ3n) is 7.15. The molecule has 3 aromatic carbocycles. The van der Waals surface area contributed by atoms with Gasteiger partial charge in [0.25, 0.3) is 0 Å². The van der Waals surface area contributed by atoms with Crippen LogP contribution < -0.4 is 15.3 Å². The molecule has 0 amide bonds. The summed E-state index contributed by atoms with van der Waals surface area (Å²) in [6.07, 6.45) is 5.25. The van der Waals surface area contributed by atoms with Crippen molar-refractivity contribution in [1.82, 2.24) is 15.0 Å². The van der Waals surface area contributed by atoms with E-state index in [1.54, 1.807) is 55.0 Å². The maximum Gasteiger partial charge on any atom is 3.00 e. The summed E-state index contributed by atoms with van der Waals surface area (Å²) in [5, 5.41) is 37.0. The number of nitrogens with zero attached hydrogens (tertiary/aromatic N) is 3. The second-order valence-electron chi connectivity index (χ2n) is 9.66. The summed E-state index contributed by atoms with van der Waals surface area (Å²) < 4.78 is 0. The van der Waals surface area contributed by atoms with Gasteiger partial charge >= 0.3 is 17.4 Å². The second kappa shape index (κ2) is 12.8. The molecule has 0 aliphatic rings. The van der Waals surface area contributed by atoms with E-state index in [0.29, 0.717) is 16.6 Å². The molecule has 6 rings (SSSR count). The van der Waals surface area contributed by atoms with E-state index < -0.39 is 0 Å². The monoisotopic (exact) mass is 543 g/mol. The first-order valence-corrected chi connectivity index (χ1v) is 12.7. The van der Waals surface area contributed by atoms with Gasteiger partial charge in [-0.25, -0.2) is 0 Å². The molecule has 0 spiro atoms. The van der Waals surface area contributed by atoms with Crippen LogP contribution in [0.15, 0.2) is 73.2 Å². The Morgan fingerprint density at radius 2 is 0.675 bits per heavy atom. The first-order chi connectivity index (χ1) is 18.6. The molecule has 6 aromatic rings. The summed E-state index contributed by atoms with van der Waals surface area (Å²) in [5.41, 5.74) is 8.52. The Morgan fingerprint density at radius 1 is 0.425 bits per heavy atom. The van der Waals surface area contributed by atoms with Gasteiger partial charge in [0.1, 0.15) is 0 Å². The number of fused-ring (bicyclic) bond motifs is 3. The topological polar surface area (TPSA) is 108 Å². The predicted octanol–water partition coefficient (Wildman–Crippen LogP) is 5.39. The van der Waals surface area contributed by atoms with Crippen LogP contribution in [-0.4, -0.2) is 32.3 Å². The summed E-state index contributed by atoms with van der Waals surface area (Å²) in [7, 11) is 0. The normalized spacial score (nSPS) is 10.3. The molecule has 40 heavy (non-hydrogen) atoms. The quantitative estimate of drug-likeness (QED) is 0.238. The van der Waals surface area contributed by atoms with Gasteiger partial charge in [0, 0.05) is 34.7 Å². The number of hydrogen-bond acceptors (Lipinski definition) is 6. The zero-order chi connectivity index (χ0) is 28.3. The second-order valence-corrected chi connectivity index (χ2v) is 9.66. The molecule has 7 heteroatoms. The molecule has 0 saturated heterocycles. The van der Waals surface area contributed by atoms with Crippen LogP contribution in [0.2, 0.25) is 0 Å². The van der Waals surface area contributed by atoms with E-state index in [0.717, 1.165) is 49.5 Å². The molecule has 3 heterocycles. The van der Waals surface area contributed by atoms with Crippen molar-refractivity contribution in [2.24, 2.45) is 0 Å². The molecule has 0 N–H and O–H groups in total. The minimum absolute atomic E-state index is 0. The van der Waals surface area contributed by atoms with E-state index in [-0.39, 0.29) is 34.6 Å². The van der Waals surface area contributed by atoms with Gasteiger partial charge in [-0.3, -0.25) is 15.0 Å². The van der Waals surface area contributed by atoms with Crippen LogP contribution >= 0.6 is 0 Å². The Balaban J connectivity index is 0.000000163. The van der Waals surface area contributed by atoms with Gasteiger partial charge in [-0.1, -0.05) is 71.8 Å². The third-order valence-corrected chi connectivity index (χ3v) is 7.15. The average Bonchev–Trinajstić information content (AvgIpc) is 2.92. The number of rotatable bonds is 0. The van der Waals surface area contributed by atoms with Gasteiger partial charge in [-0.2, -0.15) is 0 Å². The first-order valence-electron chi connectivity index (χ1n) is 12.7. The number of para-hydroxylation sites is 3. The number of benzene rings is 3. The van der Waals surface area contributed by atoms with Crippen molar-refractivity contribution in [2.45, 2.75) is 41.5 Å². The van der Waals surface area contributed by atoms with Gasteiger partial charge in [-0.15, -0.1) is 0 Å². The molecule has 198 valence electrons. The van der Waals surface area contributed by atoms with E-state index in [1.165, 1.54) is 0 Å². The molecule has 3 aromatic heterocycles. The third kappa shape index (κ3) is 6.17. The van der Waals surface area contributed by atoms with Crippen LogP contribution in [-0.2, 0) is 0 Å². The maximum atomic E-state index is 11.4. The van der Waals surface area contributed by atoms with Gasteiger partial charge in [0.05, 0.1) is 16.6 Å². The van der Waals surface area contributed by atoms with Crippen LogP contribution in [0.25, 0.3) is 32.7 Å². The molecule has 0 bridgehead atoms. The molecule has 0 fully saturated rings. The Kier molecular flexibility index (Phi) is 9.70. The van der Waals surface area contributed by atoms with E-state index in [2.05, 4.69) is 15.0 Å². The van der Waals surface area contributed by atoms with E-state index in [9.17, 15) is 15.3 Å². The molecule has 0 saturated carbocycles. The van der Waals surface area contributed by atoms with Crippen molar-refractivity contribution >= 4 is 50.1 Å². The van der Waals surface area contributed by atoms with Gasteiger partial charge < -0.3 is 15.3 Å². The molecule has 0 aliphatic heterocycles. The summed E-state index contributed by atoms with van der Waals surface area (Å²) in [6.45, 7) is 12.0. The van der Waals surface area contributed by atoms with Crippen molar-refractivity contribution in [3.05, 3.63) is 107 Å². The average molecular weight is 544 g/mol. The van der Waals surface area contributed by atoms with E-state index in [4.69, 9.17) is 0 Å². The molecule has 6 nitrogen and oxygen atoms in total. The SMILES string of the molecule is Cc1cnc2c([O-])cccc2c1C.Cc1cnc2c([O-])cccc2c1C.Cc1cnc2c([O-])cccc2c1C.[Al+3]. The fraction of sp³-hybridized carbons (Fsp3) is 0.182. The Morgan fingerprint density at radius 3 is 0.925 bits per heavy atom. The van der Waals surface area contributed by atoms with Crippen molar-refractivity contribution in [3.8, 4) is 17.2 Å². The summed E-state index contributed by atoms with van der Waals surface area (Å²) in [6, 6.07) is 15.8. The van der Waals surface area contributed by atoms with Gasteiger partial charge in [-0.05, 0) is 74.9 Å². The summed E-state index contributed by atoms with van der Waals surface area (Å²) >= 11 is 0. The number of aryl methyl sites for hydroxylation is 6. The maximum absolute atomic E-state index is 11.4. The largest absolute Gasteiger partial charge is 3.00 e. The van der Waals surface area contributed by atoms with Gasteiger partial charge in [0.2, 0.25) is 0 Å². The zero-order valence-electron chi connectivity index (χ0n) is 23.6. The van der Waals surface area contributed by atoms with Crippen molar-refractivity contribution in [2.75, 3.05) is 0 Å². The number of aromatic nitrogens is 3.